The van der Waals surface area contributed by atoms with Gasteiger partial charge in [-0.25, -0.2) is 8.78 Å². The van der Waals surface area contributed by atoms with Crippen molar-refractivity contribution in [3.05, 3.63) is 35.9 Å². The van der Waals surface area contributed by atoms with Crippen molar-refractivity contribution < 1.29 is 13.5 Å². The van der Waals surface area contributed by atoms with Crippen LogP contribution in [0.4, 0.5) is 8.78 Å². The lowest BCUT2D eigenvalue weighted by Crippen LogP contribution is -2.03. The Kier molecular flexibility index (Phi) is 2.50. The van der Waals surface area contributed by atoms with E-state index in [1.807, 2.05) is 30.3 Å². The number of rotatable bonds is 4. The van der Waals surface area contributed by atoms with Gasteiger partial charge in [-0.3, -0.25) is 0 Å². The van der Waals surface area contributed by atoms with Crippen LogP contribution >= 0.6 is 0 Å². The van der Waals surface area contributed by atoms with Crippen LogP contribution in [0.3, 0.4) is 0 Å². The molecule has 1 aromatic rings. The SMILES string of the molecule is FC1(F)CC1COCc1ccccc1. The Morgan fingerprint density at radius 2 is 1.93 bits per heavy atom. The molecule has 1 aromatic carbocycles. The van der Waals surface area contributed by atoms with Gasteiger partial charge in [0.15, 0.2) is 0 Å². The standard InChI is InChI=1S/C11H12F2O/c12-11(13)6-10(11)8-14-7-9-4-2-1-3-5-9/h1-5,10H,6-8H2. The summed E-state index contributed by atoms with van der Waals surface area (Å²) >= 11 is 0. The molecule has 0 radical (unpaired) electrons. The third-order valence-electron chi connectivity index (χ3n) is 2.39. The third-order valence-corrected chi connectivity index (χ3v) is 2.39. The minimum Gasteiger partial charge on any atom is -0.376 e. The molecular weight excluding hydrogens is 186 g/mol. The first-order valence-electron chi connectivity index (χ1n) is 4.68. The molecule has 0 heterocycles. The van der Waals surface area contributed by atoms with Crippen molar-refractivity contribution in [3.8, 4) is 0 Å². The van der Waals surface area contributed by atoms with Crippen molar-refractivity contribution in [1.29, 1.82) is 0 Å². The van der Waals surface area contributed by atoms with Gasteiger partial charge < -0.3 is 4.74 Å². The van der Waals surface area contributed by atoms with Crippen LogP contribution in [0.25, 0.3) is 0 Å². The average molecular weight is 198 g/mol. The van der Waals surface area contributed by atoms with Gasteiger partial charge in [0.1, 0.15) is 0 Å². The summed E-state index contributed by atoms with van der Waals surface area (Å²) in [5.74, 6) is -3.01. The summed E-state index contributed by atoms with van der Waals surface area (Å²) in [4.78, 5) is 0. The van der Waals surface area contributed by atoms with Crippen molar-refractivity contribution in [1.82, 2.24) is 0 Å². The van der Waals surface area contributed by atoms with Crippen LogP contribution in [-0.4, -0.2) is 12.5 Å². The number of hydrogen-bond donors (Lipinski definition) is 0. The zero-order valence-electron chi connectivity index (χ0n) is 7.75. The molecule has 14 heavy (non-hydrogen) atoms. The summed E-state index contributed by atoms with van der Waals surface area (Å²) in [6.45, 7) is 0.593. The maximum absolute atomic E-state index is 12.4. The van der Waals surface area contributed by atoms with Gasteiger partial charge in [-0.2, -0.15) is 0 Å². The van der Waals surface area contributed by atoms with Crippen LogP contribution in [0, 0.1) is 5.92 Å². The first-order chi connectivity index (χ1) is 6.68. The van der Waals surface area contributed by atoms with Crippen LogP contribution in [0.1, 0.15) is 12.0 Å². The Morgan fingerprint density at radius 3 is 2.50 bits per heavy atom. The van der Waals surface area contributed by atoms with Crippen molar-refractivity contribution >= 4 is 0 Å². The maximum atomic E-state index is 12.4. The Labute approximate surface area is 81.7 Å². The summed E-state index contributed by atoms with van der Waals surface area (Å²) in [6, 6.07) is 9.57. The van der Waals surface area contributed by atoms with Crippen LogP contribution in [0.15, 0.2) is 30.3 Å². The molecule has 1 saturated carbocycles. The van der Waals surface area contributed by atoms with Crippen LogP contribution in [-0.2, 0) is 11.3 Å². The van der Waals surface area contributed by atoms with Gasteiger partial charge in [-0.15, -0.1) is 0 Å². The number of hydrogen-bond acceptors (Lipinski definition) is 1. The second kappa shape index (κ2) is 3.65. The Morgan fingerprint density at radius 1 is 1.29 bits per heavy atom. The highest BCUT2D eigenvalue weighted by molar-refractivity contribution is 5.13. The normalized spacial score (nSPS) is 23.4. The predicted octanol–water partition coefficient (Wildman–Crippen LogP) is 2.86. The average Bonchev–Trinajstić information content (AvgIpc) is 2.76. The Hall–Kier alpha value is -0.960. The van der Waals surface area contributed by atoms with Crippen molar-refractivity contribution in [2.24, 2.45) is 5.92 Å². The minimum atomic E-state index is -2.46. The zero-order chi connectivity index (χ0) is 10.0. The number of halogens is 2. The molecule has 0 spiro atoms. The molecule has 1 atom stereocenters. The van der Waals surface area contributed by atoms with Gasteiger partial charge in [0.2, 0.25) is 0 Å². The Balaban J connectivity index is 1.69. The molecule has 76 valence electrons. The monoisotopic (exact) mass is 198 g/mol. The number of benzene rings is 1. The minimum absolute atomic E-state index is 0.0121. The van der Waals surface area contributed by atoms with E-state index in [-0.39, 0.29) is 13.0 Å². The second-order valence-electron chi connectivity index (χ2n) is 3.66. The molecule has 0 bridgehead atoms. The third kappa shape index (κ3) is 2.29. The van der Waals surface area contributed by atoms with Crippen molar-refractivity contribution in [2.45, 2.75) is 19.0 Å². The first-order valence-corrected chi connectivity index (χ1v) is 4.68. The molecule has 1 fully saturated rings. The molecule has 1 unspecified atom stereocenters. The van der Waals surface area contributed by atoms with Gasteiger partial charge in [0.05, 0.1) is 19.1 Å². The topological polar surface area (TPSA) is 9.23 Å². The fourth-order valence-electron chi connectivity index (χ4n) is 1.34. The summed E-state index contributed by atoms with van der Waals surface area (Å²) in [6.07, 6.45) is -0.0121. The highest BCUT2D eigenvalue weighted by atomic mass is 19.3. The highest BCUT2D eigenvalue weighted by Gasteiger charge is 2.56. The van der Waals surface area contributed by atoms with E-state index in [0.717, 1.165) is 5.56 Å². The predicted molar refractivity (Wildman–Crippen MR) is 49.2 cm³/mol. The van der Waals surface area contributed by atoms with Crippen LogP contribution < -0.4 is 0 Å². The highest BCUT2D eigenvalue weighted by Crippen LogP contribution is 2.48. The van der Waals surface area contributed by atoms with Crippen LogP contribution in [0.2, 0.25) is 0 Å². The number of alkyl halides is 2. The summed E-state index contributed by atoms with van der Waals surface area (Å²) < 4.78 is 30.1. The second-order valence-corrected chi connectivity index (χ2v) is 3.66. The molecule has 0 amide bonds. The molecule has 1 aliphatic carbocycles. The lowest BCUT2D eigenvalue weighted by Gasteiger charge is -2.02. The molecule has 0 aliphatic heterocycles. The van der Waals surface area contributed by atoms with E-state index < -0.39 is 11.8 Å². The van der Waals surface area contributed by atoms with E-state index in [1.165, 1.54) is 0 Å². The van der Waals surface area contributed by atoms with Crippen molar-refractivity contribution in [2.75, 3.05) is 6.61 Å². The van der Waals surface area contributed by atoms with E-state index in [1.54, 1.807) is 0 Å². The quantitative estimate of drug-likeness (QED) is 0.722. The first kappa shape index (κ1) is 9.59. The fourth-order valence-corrected chi connectivity index (χ4v) is 1.34. The fraction of sp³-hybridized carbons (Fsp3) is 0.455. The molecule has 0 aromatic heterocycles. The lowest BCUT2D eigenvalue weighted by molar-refractivity contribution is 0.0491. The van der Waals surface area contributed by atoms with E-state index in [0.29, 0.717) is 6.61 Å². The molecular formula is C11H12F2O. The maximum Gasteiger partial charge on any atom is 0.253 e. The van der Waals surface area contributed by atoms with Crippen molar-refractivity contribution in [3.63, 3.8) is 0 Å². The molecule has 1 nitrogen and oxygen atoms in total. The molecule has 3 heteroatoms. The van der Waals surface area contributed by atoms with Gasteiger partial charge >= 0.3 is 0 Å². The van der Waals surface area contributed by atoms with Gasteiger partial charge in [-0.1, -0.05) is 30.3 Å². The van der Waals surface area contributed by atoms with E-state index in [9.17, 15) is 8.78 Å². The van der Waals surface area contributed by atoms with E-state index in [2.05, 4.69) is 0 Å². The van der Waals surface area contributed by atoms with Gasteiger partial charge in [0, 0.05) is 6.42 Å². The molecule has 0 N–H and O–H groups in total. The largest absolute Gasteiger partial charge is 0.376 e. The number of ether oxygens (including phenoxy) is 1. The smallest absolute Gasteiger partial charge is 0.253 e. The Bertz CT molecular complexity index is 297. The lowest BCUT2D eigenvalue weighted by atomic mass is 10.2. The summed E-state index contributed by atoms with van der Waals surface area (Å²) in [5, 5.41) is 0. The zero-order valence-corrected chi connectivity index (χ0v) is 7.75. The van der Waals surface area contributed by atoms with Crippen LogP contribution in [0.5, 0.6) is 0 Å². The van der Waals surface area contributed by atoms with E-state index >= 15 is 0 Å². The summed E-state index contributed by atoms with van der Waals surface area (Å²) in [5.41, 5.74) is 1.02. The van der Waals surface area contributed by atoms with Gasteiger partial charge in [-0.05, 0) is 5.56 Å². The van der Waals surface area contributed by atoms with Gasteiger partial charge in [0.25, 0.3) is 5.92 Å². The molecule has 2 rings (SSSR count). The molecule has 0 saturated heterocycles. The molecule has 1 aliphatic rings. The van der Waals surface area contributed by atoms with E-state index in [4.69, 9.17) is 4.74 Å². The summed E-state index contributed by atoms with van der Waals surface area (Å²) in [7, 11) is 0.